The Morgan fingerprint density at radius 1 is 0.917 bits per heavy atom. The summed E-state index contributed by atoms with van der Waals surface area (Å²) >= 11 is 0. The monoisotopic (exact) mass is 340 g/mol. The summed E-state index contributed by atoms with van der Waals surface area (Å²) in [4.78, 5) is 27.1. The fourth-order valence-corrected chi connectivity index (χ4v) is 2.97. The van der Waals surface area contributed by atoms with E-state index in [0.29, 0.717) is 11.8 Å². The van der Waals surface area contributed by atoms with Crippen molar-refractivity contribution in [2.24, 2.45) is 0 Å². The Kier molecular flexibility index (Phi) is 9.29. The normalized spacial score (nSPS) is 26.4. The zero-order valence-electron chi connectivity index (χ0n) is 16.2. The topological polar surface area (TPSA) is 55.9 Å². The van der Waals surface area contributed by atoms with Crippen LogP contribution in [0.1, 0.15) is 44.9 Å². The first kappa shape index (κ1) is 20.9. The highest BCUT2D eigenvalue weighted by atomic mass is 16.2. The van der Waals surface area contributed by atoms with Crippen LogP contribution in [-0.2, 0) is 9.59 Å². The van der Waals surface area contributed by atoms with Gasteiger partial charge in [-0.2, -0.15) is 0 Å². The Bertz CT molecular complexity index is 394. The van der Waals surface area contributed by atoms with Crippen molar-refractivity contribution in [1.29, 1.82) is 0 Å². The Balaban J connectivity index is 0.000000181. The average molecular weight is 341 g/mol. The van der Waals surface area contributed by atoms with Crippen molar-refractivity contribution in [3.05, 3.63) is 0 Å². The van der Waals surface area contributed by atoms with Gasteiger partial charge in [0.1, 0.15) is 0 Å². The molecule has 0 unspecified atom stereocenters. The third-order valence-corrected chi connectivity index (χ3v) is 5.12. The molecule has 2 saturated heterocycles. The van der Waals surface area contributed by atoms with Crippen LogP contribution in [0.4, 0.5) is 0 Å². The second kappa shape index (κ2) is 10.7. The highest BCUT2D eigenvalue weighted by molar-refractivity contribution is 5.77. The average Bonchev–Trinajstić information content (AvgIpc) is 2.86. The van der Waals surface area contributed by atoms with Crippen LogP contribution in [0.25, 0.3) is 0 Å². The molecule has 0 spiro atoms. The van der Waals surface area contributed by atoms with Crippen LogP contribution in [0.2, 0.25) is 0 Å². The maximum atomic E-state index is 10.7. The van der Waals surface area contributed by atoms with Crippen LogP contribution in [0.15, 0.2) is 0 Å². The predicted octanol–water partition coefficient (Wildman–Crippen LogP) is 1.17. The smallest absolute Gasteiger partial charge is 0.222 e. The molecule has 2 heterocycles. The number of amides is 2. The van der Waals surface area contributed by atoms with Crippen molar-refractivity contribution in [2.75, 3.05) is 48.3 Å². The summed E-state index contributed by atoms with van der Waals surface area (Å²) in [5, 5.41) is 3.26. The van der Waals surface area contributed by atoms with E-state index >= 15 is 0 Å². The first-order chi connectivity index (χ1) is 11.3. The lowest BCUT2D eigenvalue weighted by Crippen LogP contribution is -2.49. The largest absolute Gasteiger partial charge is 0.346 e. The summed E-state index contributed by atoms with van der Waals surface area (Å²) in [5.74, 6) is 0.594. The molecule has 6 nitrogen and oxygen atoms in total. The van der Waals surface area contributed by atoms with Gasteiger partial charge in [0.2, 0.25) is 11.8 Å². The van der Waals surface area contributed by atoms with E-state index in [0.717, 1.165) is 50.9 Å². The predicted molar refractivity (Wildman–Crippen MR) is 97.9 cm³/mol. The number of carbonyl (C=O) groups excluding carboxylic acids is 2. The molecule has 2 aliphatic heterocycles. The highest BCUT2D eigenvalue weighted by Crippen LogP contribution is 2.22. The first-order valence-electron chi connectivity index (χ1n) is 9.16. The van der Waals surface area contributed by atoms with E-state index in [1.165, 1.54) is 19.3 Å². The molecule has 3 aliphatic rings. The molecule has 0 aromatic carbocycles. The number of piperidine rings is 1. The molecule has 24 heavy (non-hydrogen) atoms. The Hall–Kier alpha value is -1.14. The second-order valence-electron chi connectivity index (χ2n) is 7.27. The van der Waals surface area contributed by atoms with E-state index in [1.807, 2.05) is 21.1 Å². The van der Waals surface area contributed by atoms with Gasteiger partial charge in [0.25, 0.3) is 0 Å². The van der Waals surface area contributed by atoms with Crippen molar-refractivity contribution in [3.63, 3.8) is 0 Å². The molecule has 0 aromatic heterocycles. The molecule has 0 radical (unpaired) electrons. The Labute approximate surface area is 147 Å². The maximum Gasteiger partial charge on any atom is 0.222 e. The quantitative estimate of drug-likeness (QED) is 0.820. The molecular formula is C18H36N4O2. The van der Waals surface area contributed by atoms with E-state index in [9.17, 15) is 9.59 Å². The molecule has 3 rings (SSSR count). The Morgan fingerprint density at radius 3 is 1.71 bits per heavy atom. The molecule has 0 atom stereocenters. The Morgan fingerprint density at radius 2 is 1.42 bits per heavy atom. The van der Waals surface area contributed by atoms with Crippen LogP contribution in [0.3, 0.4) is 0 Å². The maximum absolute atomic E-state index is 10.7. The summed E-state index contributed by atoms with van der Waals surface area (Å²) < 4.78 is 0. The molecule has 1 aliphatic carbocycles. The van der Waals surface area contributed by atoms with Gasteiger partial charge in [-0.05, 0) is 53.2 Å². The minimum Gasteiger partial charge on any atom is -0.346 e. The zero-order chi connectivity index (χ0) is 18.1. The standard InChI is InChI=1S/C7H16N2.C6H11NO.C5H9NO/c1-8-6-4-7(5-6)9(2)3;1-7-5-3-2-4-6(7)8;1-6-4-2-3-5(6)7/h6-8H,4-5H2,1-3H3;2-5H2,1H3;2-4H2,1H3. The minimum absolute atomic E-state index is 0.292. The van der Waals surface area contributed by atoms with Crippen molar-refractivity contribution < 1.29 is 9.59 Å². The number of nitrogens with one attached hydrogen (secondary N) is 1. The number of carbonyl (C=O) groups is 2. The fraction of sp³-hybridized carbons (Fsp3) is 0.889. The van der Waals surface area contributed by atoms with E-state index in [4.69, 9.17) is 0 Å². The number of rotatable bonds is 2. The number of hydrogen-bond donors (Lipinski definition) is 1. The van der Waals surface area contributed by atoms with E-state index in [-0.39, 0.29) is 0 Å². The molecular weight excluding hydrogens is 304 g/mol. The molecule has 1 N–H and O–H groups in total. The molecule has 0 aromatic rings. The zero-order valence-corrected chi connectivity index (χ0v) is 16.2. The lowest BCUT2D eigenvalue weighted by molar-refractivity contribution is -0.131. The van der Waals surface area contributed by atoms with E-state index < -0.39 is 0 Å². The molecule has 140 valence electrons. The van der Waals surface area contributed by atoms with Gasteiger partial charge in [-0.25, -0.2) is 0 Å². The van der Waals surface area contributed by atoms with Gasteiger partial charge >= 0.3 is 0 Å². The third kappa shape index (κ3) is 7.18. The number of nitrogens with zero attached hydrogens (tertiary/aromatic N) is 3. The lowest BCUT2D eigenvalue weighted by Gasteiger charge is -2.39. The molecule has 1 saturated carbocycles. The van der Waals surface area contributed by atoms with Crippen molar-refractivity contribution in [2.45, 2.75) is 57.0 Å². The molecule has 6 heteroatoms. The molecule has 3 fully saturated rings. The van der Waals surface area contributed by atoms with Gasteiger partial charge in [0, 0.05) is 52.1 Å². The summed E-state index contributed by atoms with van der Waals surface area (Å²) in [5.41, 5.74) is 0. The molecule has 0 bridgehead atoms. The van der Waals surface area contributed by atoms with Gasteiger partial charge in [-0.1, -0.05) is 0 Å². The fourth-order valence-electron chi connectivity index (χ4n) is 2.97. The van der Waals surface area contributed by atoms with Crippen LogP contribution < -0.4 is 5.32 Å². The van der Waals surface area contributed by atoms with Crippen molar-refractivity contribution >= 4 is 11.8 Å². The minimum atomic E-state index is 0.292. The van der Waals surface area contributed by atoms with Gasteiger partial charge in [0.15, 0.2) is 0 Å². The van der Waals surface area contributed by atoms with Gasteiger partial charge in [0.05, 0.1) is 0 Å². The summed E-state index contributed by atoms with van der Waals surface area (Å²) in [6.45, 7) is 1.91. The lowest BCUT2D eigenvalue weighted by atomic mass is 9.86. The first-order valence-corrected chi connectivity index (χ1v) is 9.16. The molecule has 2 amide bonds. The van der Waals surface area contributed by atoms with E-state index in [2.05, 4.69) is 24.3 Å². The SMILES string of the molecule is CN1CCCC1=O.CN1CCCCC1=O.CNC1CC(N(C)C)C1. The van der Waals surface area contributed by atoms with Crippen LogP contribution >= 0.6 is 0 Å². The van der Waals surface area contributed by atoms with Gasteiger partial charge < -0.3 is 20.0 Å². The van der Waals surface area contributed by atoms with Crippen molar-refractivity contribution in [3.8, 4) is 0 Å². The van der Waals surface area contributed by atoms with Gasteiger partial charge in [-0.15, -0.1) is 0 Å². The van der Waals surface area contributed by atoms with Crippen LogP contribution in [0.5, 0.6) is 0 Å². The highest BCUT2D eigenvalue weighted by Gasteiger charge is 2.28. The van der Waals surface area contributed by atoms with Crippen LogP contribution in [-0.4, -0.2) is 86.9 Å². The number of hydrogen-bond acceptors (Lipinski definition) is 4. The number of likely N-dealkylation sites (tertiary alicyclic amines) is 2. The van der Waals surface area contributed by atoms with Gasteiger partial charge in [-0.3, -0.25) is 9.59 Å². The van der Waals surface area contributed by atoms with E-state index in [1.54, 1.807) is 9.80 Å². The third-order valence-electron chi connectivity index (χ3n) is 5.12. The summed E-state index contributed by atoms with van der Waals surface area (Å²) in [6, 6.07) is 1.62. The van der Waals surface area contributed by atoms with Crippen LogP contribution in [0, 0.1) is 0 Å². The second-order valence-corrected chi connectivity index (χ2v) is 7.27. The summed E-state index contributed by atoms with van der Waals surface area (Å²) in [6.07, 6.45) is 7.49. The summed E-state index contributed by atoms with van der Waals surface area (Å²) in [7, 11) is 10.0. The van der Waals surface area contributed by atoms with Crippen molar-refractivity contribution in [1.82, 2.24) is 20.0 Å².